The average molecular weight is 160 g/mol. The quantitative estimate of drug-likeness (QED) is 0.412. The summed E-state index contributed by atoms with van der Waals surface area (Å²) in [5, 5.41) is 2.91. The van der Waals surface area contributed by atoms with Gasteiger partial charge in [-0.25, -0.2) is 4.79 Å². The molecule has 0 spiro atoms. The number of quaternary nitrogens is 1. The van der Waals surface area contributed by atoms with E-state index in [1.807, 2.05) is 0 Å². The van der Waals surface area contributed by atoms with E-state index in [2.05, 4.69) is 11.1 Å². The predicted octanol–water partition coefficient (Wildman–Crippen LogP) is -1.53. The van der Waals surface area contributed by atoms with E-state index >= 15 is 0 Å². The molecular weight excluding hydrogens is 142 g/mol. The molecule has 0 aromatic heterocycles. The molecule has 4 heteroatoms. The van der Waals surface area contributed by atoms with Gasteiger partial charge in [0.05, 0.1) is 0 Å². The molecule has 0 aliphatic heterocycles. The normalized spacial score (nSPS) is 13.0. The van der Waals surface area contributed by atoms with Crippen LogP contribution >= 0.6 is 0 Å². The van der Waals surface area contributed by atoms with Crippen LogP contribution in [0.15, 0.2) is 0 Å². The van der Waals surface area contributed by atoms with Gasteiger partial charge in [-0.15, -0.1) is 0 Å². The molecule has 11 heavy (non-hydrogen) atoms. The number of likely N-dealkylation sites (N-methyl/N-ethyl adjacent to an activating group) is 1. The largest absolute Gasteiger partial charge is 0.330 e. The number of nitrogens with one attached hydrogen (secondary N) is 1. The molecule has 1 atom stereocenters. The van der Waals surface area contributed by atoms with Crippen LogP contribution in [0.1, 0.15) is 19.3 Å². The van der Waals surface area contributed by atoms with Crippen molar-refractivity contribution in [3.63, 3.8) is 0 Å². The summed E-state index contributed by atoms with van der Waals surface area (Å²) >= 11 is 0. The van der Waals surface area contributed by atoms with E-state index in [0.29, 0.717) is 6.54 Å². The Hall–Kier alpha value is -0.450. The summed E-state index contributed by atoms with van der Waals surface area (Å²) in [4.78, 5) is 10.8. The Kier molecular flexibility index (Phi) is 6.02. The van der Waals surface area contributed by atoms with E-state index in [-0.39, 0.29) is 11.9 Å². The second-order valence-electron chi connectivity index (χ2n) is 2.59. The average Bonchev–Trinajstić information content (AvgIpc) is 1.97. The van der Waals surface area contributed by atoms with Gasteiger partial charge >= 0.3 is 5.91 Å². The van der Waals surface area contributed by atoms with Crippen molar-refractivity contribution in [2.45, 2.75) is 25.3 Å². The van der Waals surface area contributed by atoms with E-state index in [9.17, 15) is 4.79 Å². The summed E-state index contributed by atoms with van der Waals surface area (Å²) in [5.74, 6) is -0.0375. The maximum Gasteiger partial charge on any atom is 0.325 e. The van der Waals surface area contributed by atoms with Gasteiger partial charge in [0.2, 0.25) is 0 Å². The van der Waals surface area contributed by atoms with Gasteiger partial charge < -0.3 is 11.1 Å². The van der Waals surface area contributed by atoms with E-state index in [0.717, 1.165) is 19.3 Å². The molecule has 0 aromatic rings. The first-order valence-electron chi connectivity index (χ1n) is 3.95. The Labute approximate surface area is 67.3 Å². The third-order valence-electron chi connectivity index (χ3n) is 1.68. The van der Waals surface area contributed by atoms with Gasteiger partial charge in [0, 0.05) is 0 Å². The molecule has 4 nitrogen and oxygen atoms in total. The van der Waals surface area contributed by atoms with Gasteiger partial charge in [-0.05, 0) is 32.9 Å². The van der Waals surface area contributed by atoms with Crippen LogP contribution < -0.4 is 16.8 Å². The first-order chi connectivity index (χ1) is 5.22. The van der Waals surface area contributed by atoms with Crippen LogP contribution in [0.4, 0.5) is 0 Å². The summed E-state index contributed by atoms with van der Waals surface area (Å²) in [6.45, 7) is 0.696. The summed E-state index contributed by atoms with van der Waals surface area (Å²) < 4.78 is 0. The summed E-state index contributed by atoms with van der Waals surface area (Å²) in [5.41, 5.74) is 8.67. The van der Waals surface area contributed by atoms with E-state index < -0.39 is 0 Å². The highest BCUT2D eigenvalue weighted by Crippen LogP contribution is 1.97. The molecule has 0 aliphatic rings. The first-order valence-corrected chi connectivity index (χ1v) is 3.95. The molecule has 66 valence electrons. The van der Waals surface area contributed by atoms with Crippen LogP contribution in [0, 0.1) is 0 Å². The fourth-order valence-electron chi connectivity index (χ4n) is 0.959. The molecule has 0 fully saturated rings. The number of amides is 1. The molecule has 0 radical (unpaired) electrons. The lowest BCUT2D eigenvalue weighted by Crippen LogP contribution is -2.65. The molecule has 0 bridgehead atoms. The Morgan fingerprint density at radius 1 is 1.64 bits per heavy atom. The van der Waals surface area contributed by atoms with Gasteiger partial charge in [0.1, 0.15) is 6.04 Å². The van der Waals surface area contributed by atoms with Gasteiger partial charge in [-0.2, -0.15) is 0 Å². The van der Waals surface area contributed by atoms with Crippen LogP contribution in [-0.2, 0) is 4.79 Å². The number of hydrogen-bond donors (Lipinski definition) is 3. The highest BCUT2D eigenvalue weighted by molar-refractivity contribution is 5.70. The van der Waals surface area contributed by atoms with Gasteiger partial charge in [-0.1, -0.05) is 0 Å². The number of nitrogens with two attached hydrogens (primary N) is 1. The maximum atomic E-state index is 10.8. The number of hydrogen-bond acceptors (Lipinski definition) is 3. The molecular formula is C7H18N3O+. The topological polar surface area (TPSA) is 82.8 Å². The molecule has 0 heterocycles. The highest BCUT2D eigenvalue weighted by atomic mass is 16.1. The Bertz CT molecular complexity index is 116. The van der Waals surface area contributed by atoms with Crippen molar-refractivity contribution >= 4 is 5.91 Å². The van der Waals surface area contributed by atoms with Gasteiger partial charge in [0.15, 0.2) is 0 Å². The molecule has 0 aromatic carbocycles. The third-order valence-corrected chi connectivity index (χ3v) is 1.68. The minimum atomic E-state index is -0.0819. The summed E-state index contributed by atoms with van der Waals surface area (Å²) in [7, 11) is 1.77. The second-order valence-corrected chi connectivity index (χ2v) is 2.59. The van der Waals surface area contributed by atoms with E-state index in [4.69, 9.17) is 5.73 Å². The molecule has 0 saturated carbocycles. The Morgan fingerprint density at radius 2 is 2.27 bits per heavy atom. The van der Waals surface area contributed by atoms with E-state index in [1.54, 1.807) is 7.05 Å². The molecule has 6 N–H and O–H groups in total. The zero-order valence-corrected chi connectivity index (χ0v) is 7.10. The van der Waals surface area contributed by atoms with Crippen molar-refractivity contribution in [1.29, 1.82) is 0 Å². The summed E-state index contributed by atoms with van der Waals surface area (Å²) in [6.07, 6.45) is 2.81. The SMILES string of the molecule is CN[C@@H](CCCCN)C([NH3+])=O. The van der Waals surface area contributed by atoms with Crippen LogP contribution in [0.2, 0.25) is 0 Å². The first kappa shape index (κ1) is 10.6. The number of carbonyl (C=O) groups excluding carboxylic acids is 1. The number of rotatable bonds is 6. The fourth-order valence-corrected chi connectivity index (χ4v) is 0.959. The monoisotopic (exact) mass is 160 g/mol. The maximum absolute atomic E-state index is 10.8. The smallest absolute Gasteiger partial charge is 0.325 e. The zero-order chi connectivity index (χ0) is 8.69. The summed E-state index contributed by atoms with van der Waals surface area (Å²) in [6, 6.07) is -0.0819. The van der Waals surface area contributed by atoms with Crippen molar-refractivity contribution in [1.82, 2.24) is 5.32 Å². The number of unbranched alkanes of at least 4 members (excludes halogenated alkanes) is 1. The Balaban J connectivity index is 3.44. The van der Waals surface area contributed by atoms with Crippen molar-refractivity contribution in [3.8, 4) is 0 Å². The lowest BCUT2D eigenvalue weighted by molar-refractivity contribution is -0.308. The highest BCUT2D eigenvalue weighted by Gasteiger charge is 2.14. The van der Waals surface area contributed by atoms with Crippen molar-refractivity contribution in [2.24, 2.45) is 5.73 Å². The lowest BCUT2D eigenvalue weighted by atomic mass is 10.1. The molecule has 0 unspecified atom stereocenters. The van der Waals surface area contributed by atoms with Crippen LogP contribution in [-0.4, -0.2) is 25.5 Å². The van der Waals surface area contributed by atoms with Crippen molar-refractivity contribution < 1.29 is 10.5 Å². The molecule has 0 aliphatic carbocycles. The van der Waals surface area contributed by atoms with Crippen LogP contribution in [0.25, 0.3) is 0 Å². The minimum absolute atomic E-state index is 0.0375. The lowest BCUT2D eigenvalue weighted by Gasteiger charge is -2.07. The van der Waals surface area contributed by atoms with Crippen LogP contribution in [0.3, 0.4) is 0 Å². The van der Waals surface area contributed by atoms with Crippen molar-refractivity contribution in [2.75, 3.05) is 13.6 Å². The van der Waals surface area contributed by atoms with E-state index in [1.165, 1.54) is 0 Å². The molecule has 1 amide bonds. The van der Waals surface area contributed by atoms with Crippen molar-refractivity contribution in [3.05, 3.63) is 0 Å². The molecule has 0 saturated heterocycles. The Morgan fingerprint density at radius 3 is 2.64 bits per heavy atom. The van der Waals surface area contributed by atoms with Gasteiger partial charge in [0.25, 0.3) is 0 Å². The standard InChI is InChI=1S/C7H17N3O/c1-10-6(7(9)11)4-2-3-5-8/h6,10H,2-5,8H2,1H3,(H2,9,11)/p+1/t6-/m0/s1. The second kappa shape index (κ2) is 6.27. The fraction of sp³-hybridized carbons (Fsp3) is 0.857. The molecule has 0 rings (SSSR count). The van der Waals surface area contributed by atoms with Gasteiger partial charge in [-0.3, -0.25) is 5.73 Å². The third kappa shape index (κ3) is 4.89. The number of carbonyl (C=O) groups is 1. The minimum Gasteiger partial charge on any atom is -0.330 e. The zero-order valence-electron chi connectivity index (χ0n) is 7.10. The van der Waals surface area contributed by atoms with Crippen LogP contribution in [0.5, 0.6) is 0 Å². The predicted molar refractivity (Wildman–Crippen MR) is 43.6 cm³/mol.